The standard InChI is InChI=1S/C16H21N3O/c1-11(2)20-10-15-18-13-8-12(9-17)6-7-14(13)19(15)16(3,4)5/h6-8,11H,10H2,1-5H3. The monoisotopic (exact) mass is 271 g/mol. The van der Waals surface area contributed by atoms with Crippen LogP contribution in [0.1, 0.15) is 46.0 Å². The maximum atomic E-state index is 9.00. The van der Waals surface area contributed by atoms with Gasteiger partial charge in [-0.05, 0) is 52.8 Å². The van der Waals surface area contributed by atoms with E-state index in [9.17, 15) is 0 Å². The van der Waals surface area contributed by atoms with E-state index in [4.69, 9.17) is 10.00 Å². The lowest BCUT2D eigenvalue weighted by molar-refractivity contribution is 0.0577. The summed E-state index contributed by atoms with van der Waals surface area (Å²) < 4.78 is 7.89. The lowest BCUT2D eigenvalue weighted by atomic mass is 10.1. The number of nitrogens with zero attached hydrogens (tertiary/aromatic N) is 3. The average molecular weight is 271 g/mol. The van der Waals surface area contributed by atoms with Crippen LogP contribution in [0.15, 0.2) is 18.2 Å². The summed E-state index contributed by atoms with van der Waals surface area (Å²) in [6.07, 6.45) is 0.165. The molecule has 0 N–H and O–H groups in total. The minimum atomic E-state index is -0.0847. The van der Waals surface area contributed by atoms with Crippen molar-refractivity contribution in [3.8, 4) is 6.07 Å². The fourth-order valence-electron chi connectivity index (χ4n) is 2.29. The number of imidazole rings is 1. The number of rotatable bonds is 3. The highest BCUT2D eigenvalue weighted by molar-refractivity contribution is 5.78. The highest BCUT2D eigenvalue weighted by Gasteiger charge is 2.21. The van der Waals surface area contributed by atoms with Crippen LogP contribution >= 0.6 is 0 Å². The Bertz CT molecular complexity index is 657. The van der Waals surface area contributed by atoms with E-state index in [1.54, 1.807) is 0 Å². The third kappa shape index (κ3) is 2.83. The molecule has 0 fully saturated rings. The first kappa shape index (κ1) is 14.5. The van der Waals surface area contributed by atoms with Crippen molar-refractivity contribution in [2.75, 3.05) is 0 Å². The minimum absolute atomic E-state index is 0.0847. The molecule has 0 bridgehead atoms. The average Bonchev–Trinajstić information content (AvgIpc) is 2.73. The minimum Gasteiger partial charge on any atom is -0.371 e. The van der Waals surface area contributed by atoms with Gasteiger partial charge in [0.2, 0.25) is 0 Å². The summed E-state index contributed by atoms with van der Waals surface area (Å²) in [5.74, 6) is 0.899. The molecule has 0 saturated carbocycles. The molecular weight excluding hydrogens is 250 g/mol. The second-order valence-corrected chi connectivity index (χ2v) is 6.21. The van der Waals surface area contributed by atoms with Crippen molar-refractivity contribution in [1.29, 1.82) is 5.26 Å². The Morgan fingerprint density at radius 3 is 2.60 bits per heavy atom. The quantitative estimate of drug-likeness (QED) is 0.857. The lowest BCUT2D eigenvalue weighted by Gasteiger charge is -2.25. The molecule has 1 aromatic heterocycles. The second kappa shape index (κ2) is 5.26. The van der Waals surface area contributed by atoms with Crippen molar-refractivity contribution in [1.82, 2.24) is 9.55 Å². The molecule has 20 heavy (non-hydrogen) atoms. The molecule has 1 heterocycles. The van der Waals surface area contributed by atoms with Gasteiger partial charge in [0.25, 0.3) is 0 Å². The van der Waals surface area contributed by atoms with E-state index < -0.39 is 0 Å². The van der Waals surface area contributed by atoms with Gasteiger partial charge in [-0.15, -0.1) is 0 Å². The van der Waals surface area contributed by atoms with Crippen molar-refractivity contribution in [3.05, 3.63) is 29.6 Å². The predicted octanol–water partition coefficient (Wildman–Crippen LogP) is 3.59. The Morgan fingerprint density at radius 1 is 1.35 bits per heavy atom. The molecule has 0 saturated heterocycles. The maximum absolute atomic E-state index is 9.00. The van der Waals surface area contributed by atoms with Gasteiger partial charge in [-0.3, -0.25) is 0 Å². The third-order valence-electron chi connectivity index (χ3n) is 3.07. The fourth-order valence-corrected chi connectivity index (χ4v) is 2.29. The molecule has 2 rings (SSSR count). The van der Waals surface area contributed by atoms with Gasteiger partial charge >= 0.3 is 0 Å². The zero-order valence-electron chi connectivity index (χ0n) is 12.8. The van der Waals surface area contributed by atoms with Crippen LogP contribution in [0.5, 0.6) is 0 Å². The molecule has 2 aromatic rings. The zero-order valence-corrected chi connectivity index (χ0v) is 12.8. The van der Waals surface area contributed by atoms with E-state index in [2.05, 4.69) is 36.4 Å². The molecule has 0 radical (unpaired) electrons. The molecule has 0 unspecified atom stereocenters. The molecule has 0 amide bonds. The van der Waals surface area contributed by atoms with Crippen LogP contribution in [0.3, 0.4) is 0 Å². The molecule has 0 aliphatic heterocycles. The van der Waals surface area contributed by atoms with Crippen LogP contribution in [0.4, 0.5) is 0 Å². The van der Waals surface area contributed by atoms with E-state index in [0.29, 0.717) is 12.2 Å². The van der Waals surface area contributed by atoms with Gasteiger partial charge in [0.05, 0.1) is 28.8 Å². The normalized spacial score (nSPS) is 12.1. The summed E-state index contributed by atoms with van der Waals surface area (Å²) in [6, 6.07) is 7.78. The first-order valence-corrected chi connectivity index (χ1v) is 6.86. The first-order valence-electron chi connectivity index (χ1n) is 6.86. The van der Waals surface area contributed by atoms with Crippen molar-refractivity contribution < 1.29 is 4.74 Å². The highest BCUT2D eigenvalue weighted by atomic mass is 16.5. The molecule has 0 aliphatic rings. The number of ether oxygens (including phenoxy) is 1. The van der Waals surface area contributed by atoms with Gasteiger partial charge < -0.3 is 9.30 Å². The van der Waals surface area contributed by atoms with Gasteiger partial charge in [0, 0.05) is 5.54 Å². The van der Waals surface area contributed by atoms with Crippen molar-refractivity contribution >= 4 is 11.0 Å². The molecule has 106 valence electrons. The molecule has 1 aromatic carbocycles. The zero-order chi connectivity index (χ0) is 14.9. The molecule has 4 nitrogen and oxygen atoms in total. The van der Waals surface area contributed by atoms with Crippen LogP contribution in [-0.2, 0) is 16.9 Å². The van der Waals surface area contributed by atoms with Gasteiger partial charge in [-0.25, -0.2) is 4.98 Å². The number of fused-ring (bicyclic) bond motifs is 1. The van der Waals surface area contributed by atoms with Crippen molar-refractivity contribution in [2.45, 2.75) is 52.9 Å². The lowest BCUT2D eigenvalue weighted by Crippen LogP contribution is -2.24. The maximum Gasteiger partial charge on any atom is 0.136 e. The number of nitriles is 1. The topological polar surface area (TPSA) is 50.8 Å². The number of benzene rings is 1. The number of aromatic nitrogens is 2. The molecule has 0 aliphatic carbocycles. The molecule has 0 atom stereocenters. The Labute approximate surface area is 120 Å². The van der Waals surface area contributed by atoms with Crippen molar-refractivity contribution in [2.24, 2.45) is 0 Å². The molecule has 0 spiro atoms. The van der Waals surface area contributed by atoms with Gasteiger partial charge in [-0.1, -0.05) is 0 Å². The second-order valence-electron chi connectivity index (χ2n) is 6.21. The van der Waals surface area contributed by atoms with Gasteiger partial charge in [0.1, 0.15) is 12.4 Å². The third-order valence-corrected chi connectivity index (χ3v) is 3.07. The summed E-state index contributed by atoms with van der Waals surface area (Å²) in [7, 11) is 0. The highest BCUT2D eigenvalue weighted by Crippen LogP contribution is 2.26. The summed E-state index contributed by atoms with van der Waals surface area (Å²) >= 11 is 0. The summed E-state index contributed by atoms with van der Waals surface area (Å²) in [4.78, 5) is 4.65. The van der Waals surface area contributed by atoms with Gasteiger partial charge in [0.15, 0.2) is 0 Å². The van der Waals surface area contributed by atoms with E-state index in [1.807, 2.05) is 32.0 Å². The van der Waals surface area contributed by atoms with E-state index in [0.717, 1.165) is 16.9 Å². The SMILES string of the molecule is CC(C)OCc1nc2cc(C#N)ccc2n1C(C)(C)C. The van der Waals surface area contributed by atoms with Crippen LogP contribution in [-0.4, -0.2) is 15.7 Å². The number of hydrogen-bond donors (Lipinski definition) is 0. The van der Waals surface area contributed by atoms with Crippen LogP contribution in [0, 0.1) is 11.3 Å². The van der Waals surface area contributed by atoms with Crippen LogP contribution in [0.2, 0.25) is 0 Å². The molecular formula is C16H21N3O. The summed E-state index contributed by atoms with van der Waals surface area (Å²) in [5, 5.41) is 9.00. The largest absolute Gasteiger partial charge is 0.371 e. The Kier molecular flexibility index (Phi) is 3.82. The Balaban J connectivity index is 2.57. The van der Waals surface area contributed by atoms with E-state index in [-0.39, 0.29) is 11.6 Å². The Morgan fingerprint density at radius 2 is 2.05 bits per heavy atom. The predicted molar refractivity (Wildman–Crippen MR) is 79.4 cm³/mol. The van der Waals surface area contributed by atoms with E-state index in [1.165, 1.54) is 0 Å². The number of hydrogen-bond acceptors (Lipinski definition) is 3. The van der Waals surface area contributed by atoms with Crippen LogP contribution in [0.25, 0.3) is 11.0 Å². The summed E-state index contributed by atoms with van der Waals surface area (Å²) in [6.45, 7) is 10.9. The van der Waals surface area contributed by atoms with E-state index >= 15 is 0 Å². The smallest absolute Gasteiger partial charge is 0.136 e. The first-order chi connectivity index (χ1) is 9.32. The Hall–Kier alpha value is -1.86. The van der Waals surface area contributed by atoms with Crippen molar-refractivity contribution in [3.63, 3.8) is 0 Å². The van der Waals surface area contributed by atoms with Gasteiger partial charge in [-0.2, -0.15) is 5.26 Å². The summed E-state index contributed by atoms with van der Waals surface area (Å²) in [5.41, 5.74) is 2.44. The molecule has 4 heteroatoms. The fraction of sp³-hybridized carbons (Fsp3) is 0.500. The van der Waals surface area contributed by atoms with Crippen LogP contribution < -0.4 is 0 Å².